The molecule has 0 radical (unpaired) electrons. The molecule has 0 aliphatic heterocycles. The van der Waals surface area contributed by atoms with Crippen molar-refractivity contribution in [1.29, 1.82) is 0 Å². The zero-order chi connectivity index (χ0) is 32.9. The third kappa shape index (κ3) is 5.74. The Morgan fingerprint density at radius 3 is 0.636 bits per heavy atom. The van der Waals surface area contributed by atoms with Crippen LogP contribution in [-0.2, 0) is 0 Å². The lowest BCUT2D eigenvalue weighted by Crippen LogP contribution is -2.28. The van der Waals surface area contributed by atoms with E-state index in [0.717, 1.165) is 0 Å². The van der Waals surface area contributed by atoms with Crippen molar-refractivity contribution in [2.75, 3.05) is 12.3 Å². The SMILES string of the molecule is Fc1cc(P(CCP(c2cc(F)c(F)c(F)c2F)c2cc(F)c(F)c(F)c2F)c2cc(F)c(F)c(F)c2F)c(F)c(F)c1F. The van der Waals surface area contributed by atoms with Crippen LogP contribution in [0.4, 0.5) is 70.2 Å². The summed E-state index contributed by atoms with van der Waals surface area (Å²) in [6.07, 6.45) is -2.41. The molecular formula is C26H8F16P2. The van der Waals surface area contributed by atoms with Crippen molar-refractivity contribution in [1.82, 2.24) is 0 Å². The topological polar surface area (TPSA) is 0 Å². The lowest BCUT2D eigenvalue weighted by molar-refractivity contribution is 0.411. The minimum atomic E-state index is -3.35. The van der Waals surface area contributed by atoms with Crippen LogP contribution >= 0.6 is 15.8 Å². The van der Waals surface area contributed by atoms with Gasteiger partial charge in [0, 0.05) is 21.2 Å². The van der Waals surface area contributed by atoms with Crippen molar-refractivity contribution in [3.8, 4) is 0 Å². The van der Waals surface area contributed by atoms with E-state index in [2.05, 4.69) is 0 Å². The summed E-state index contributed by atoms with van der Waals surface area (Å²) in [6, 6.07) is -0.405. The molecule has 0 heterocycles. The van der Waals surface area contributed by atoms with Gasteiger partial charge in [0.25, 0.3) is 0 Å². The molecule has 0 nitrogen and oxygen atoms in total. The molecule has 0 saturated carbocycles. The van der Waals surface area contributed by atoms with Crippen molar-refractivity contribution in [3.05, 3.63) is 117 Å². The molecular weight excluding hydrogens is 678 g/mol. The molecule has 0 aromatic heterocycles. The lowest BCUT2D eigenvalue weighted by atomic mass is 10.3. The summed E-state index contributed by atoms with van der Waals surface area (Å²) >= 11 is 0. The molecule has 0 unspecified atom stereocenters. The molecule has 0 N–H and O–H groups in total. The van der Waals surface area contributed by atoms with Gasteiger partial charge in [0.2, 0.25) is 0 Å². The van der Waals surface area contributed by atoms with Crippen molar-refractivity contribution >= 4 is 37.1 Å². The quantitative estimate of drug-likeness (QED) is 0.0820. The summed E-state index contributed by atoms with van der Waals surface area (Å²) in [5.41, 5.74) is 0. The molecule has 4 aromatic carbocycles. The molecule has 0 aliphatic rings. The fourth-order valence-electron chi connectivity index (χ4n) is 3.97. The van der Waals surface area contributed by atoms with E-state index >= 15 is 0 Å². The van der Waals surface area contributed by atoms with Gasteiger partial charge in [-0.05, 0) is 52.4 Å². The van der Waals surface area contributed by atoms with Gasteiger partial charge in [0.15, 0.2) is 93.1 Å². The van der Waals surface area contributed by atoms with E-state index in [1.807, 2.05) is 0 Å². The highest BCUT2D eigenvalue weighted by Crippen LogP contribution is 2.45. The maximum atomic E-state index is 14.8. The number of halogens is 16. The molecule has 0 fully saturated rings. The predicted octanol–water partition coefficient (Wildman–Crippen LogP) is 7.48. The van der Waals surface area contributed by atoms with Crippen LogP contribution in [0.25, 0.3) is 0 Å². The summed E-state index contributed by atoms with van der Waals surface area (Å²) in [7, 11) is -6.71. The molecule has 0 amide bonds. The molecule has 4 rings (SSSR count). The van der Waals surface area contributed by atoms with Gasteiger partial charge in [-0.25, -0.2) is 70.2 Å². The smallest absolute Gasteiger partial charge is 0.198 e. The lowest BCUT2D eigenvalue weighted by Gasteiger charge is -2.25. The molecule has 0 saturated heterocycles. The number of hydrogen-bond donors (Lipinski definition) is 0. The molecule has 18 heteroatoms. The summed E-state index contributed by atoms with van der Waals surface area (Å²) in [5.74, 6) is -37.4. The molecule has 0 aliphatic carbocycles. The Morgan fingerprint density at radius 1 is 0.273 bits per heavy atom. The summed E-state index contributed by atoms with van der Waals surface area (Å²) in [4.78, 5) is 0. The number of benzene rings is 4. The second-order valence-corrected chi connectivity index (χ2v) is 13.1. The van der Waals surface area contributed by atoms with Crippen LogP contribution in [0.15, 0.2) is 24.3 Å². The van der Waals surface area contributed by atoms with E-state index in [1.54, 1.807) is 0 Å². The summed E-state index contributed by atoms with van der Waals surface area (Å²) in [5, 5.41) is -5.48. The highest BCUT2D eigenvalue weighted by atomic mass is 31.1. The van der Waals surface area contributed by atoms with Crippen LogP contribution in [0.3, 0.4) is 0 Å². The van der Waals surface area contributed by atoms with E-state index in [1.165, 1.54) is 0 Å². The van der Waals surface area contributed by atoms with E-state index in [4.69, 9.17) is 0 Å². The Bertz CT molecular complexity index is 1550. The second kappa shape index (κ2) is 12.5. The van der Waals surface area contributed by atoms with Crippen LogP contribution in [0, 0.1) is 93.1 Å². The molecule has 0 spiro atoms. The first-order valence-corrected chi connectivity index (χ1v) is 14.4. The fourth-order valence-corrected chi connectivity index (χ4v) is 9.47. The molecule has 44 heavy (non-hydrogen) atoms. The molecule has 0 atom stereocenters. The van der Waals surface area contributed by atoms with E-state index in [9.17, 15) is 70.2 Å². The van der Waals surface area contributed by atoms with Gasteiger partial charge in [-0.1, -0.05) is 0 Å². The second-order valence-electron chi connectivity index (χ2n) is 8.58. The van der Waals surface area contributed by atoms with Crippen LogP contribution in [-0.4, -0.2) is 12.3 Å². The maximum Gasteiger partial charge on any atom is 0.198 e. The third-order valence-electron chi connectivity index (χ3n) is 6.04. The Morgan fingerprint density at radius 2 is 0.455 bits per heavy atom. The van der Waals surface area contributed by atoms with E-state index in [-0.39, 0.29) is 24.3 Å². The molecule has 4 aromatic rings. The van der Waals surface area contributed by atoms with Crippen molar-refractivity contribution < 1.29 is 70.2 Å². The third-order valence-corrected chi connectivity index (χ3v) is 11.4. The first-order valence-electron chi connectivity index (χ1n) is 11.4. The van der Waals surface area contributed by atoms with Gasteiger partial charge in [-0.15, -0.1) is 0 Å². The Labute approximate surface area is 237 Å². The van der Waals surface area contributed by atoms with Crippen LogP contribution in [0.2, 0.25) is 0 Å². The van der Waals surface area contributed by atoms with Crippen LogP contribution in [0.1, 0.15) is 0 Å². The first-order chi connectivity index (χ1) is 20.5. The average Bonchev–Trinajstić information content (AvgIpc) is 2.99. The highest BCUT2D eigenvalue weighted by molar-refractivity contribution is 7.76. The van der Waals surface area contributed by atoms with Gasteiger partial charge in [0.05, 0.1) is 0 Å². The fraction of sp³-hybridized carbons (Fsp3) is 0.0769. The Hall–Kier alpha value is -3.38. The van der Waals surface area contributed by atoms with Crippen LogP contribution in [0.5, 0.6) is 0 Å². The largest absolute Gasteiger partial charge is 0.204 e. The van der Waals surface area contributed by atoms with Gasteiger partial charge in [0.1, 0.15) is 0 Å². The Balaban J connectivity index is 1.99. The van der Waals surface area contributed by atoms with Crippen LogP contribution < -0.4 is 21.2 Å². The predicted molar refractivity (Wildman–Crippen MR) is 127 cm³/mol. The zero-order valence-corrected chi connectivity index (χ0v) is 22.5. The monoisotopic (exact) mass is 686 g/mol. The summed E-state index contributed by atoms with van der Waals surface area (Å²) < 4.78 is 227. The maximum absolute atomic E-state index is 14.8. The van der Waals surface area contributed by atoms with Crippen molar-refractivity contribution in [3.63, 3.8) is 0 Å². The summed E-state index contributed by atoms with van der Waals surface area (Å²) in [6.45, 7) is 0. The highest BCUT2D eigenvalue weighted by Gasteiger charge is 2.34. The van der Waals surface area contributed by atoms with Gasteiger partial charge in [-0.3, -0.25) is 0 Å². The first kappa shape index (κ1) is 33.5. The normalized spacial score (nSPS) is 11.8. The van der Waals surface area contributed by atoms with E-state index in [0.29, 0.717) is 0 Å². The number of hydrogen-bond acceptors (Lipinski definition) is 0. The van der Waals surface area contributed by atoms with Crippen molar-refractivity contribution in [2.24, 2.45) is 0 Å². The van der Waals surface area contributed by atoms with Gasteiger partial charge in [-0.2, -0.15) is 0 Å². The van der Waals surface area contributed by atoms with Gasteiger partial charge < -0.3 is 0 Å². The standard InChI is InChI=1S/C26H8F16P2/c27-7-3-11(19(35)23(39)15(7)31)43(12-4-8(28)16(32)24(40)20(12)36)1-2-44(13-5-9(29)17(33)25(41)21(13)37)14-6-10(30)18(34)26(42)22(14)38/h3-6H,1-2H2. The number of rotatable bonds is 7. The average molecular weight is 686 g/mol. The minimum Gasteiger partial charge on any atom is -0.204 e. The Kier molecular flexibility index (Phi) is 9.56. The molecule has 0 bridgehead atoms. The zero-order valence-electron chi connectivity index (χ0n) is 20.7. The van der Waals surface area contributed by atoms with Gasteiger partial charge >= 0.3 is 0 Å². The molecule has 234 valence electrons. The minimum absolute atomic E-state index is 0.101. The van der Waals surface area contributed by atoms with E-state index < -0.39 is 142 Å². The van der Waals surface area contributed by atoms with Crippen molar-refractivity contribution in [2.45, 2.75) is 0 Å².